The van der Waals surface area contributed by atoms with Crippen LogP contribution in [0.1, 0.15) is 31.4 Å². The van der Waals surface area contributed by atoms with Gasteiger partial charge in [-0.1, -0.05) is 37.3 Å². The zero-order valence-electron chi connectivity index (χ0n) is 17.3. The fraction of sp³-hybridized carbons (Fsp3) is 0.409. The van der Waals surface area contributed by atoms with Gasteiger partial charge in [0.25, 0.3) is 0 Å². The van der Waals surface area contributed by atoms with Crippen LogP contribution in [0.15, 0.2) is 53.4 Å². The highest BCUT2D eigenvalue weighted by molar-refractivity contribution is 7.89. The summed E-state index contributed by atoms with van der Waals surface area (Å²) in [7, 11) is -1.62. The summed E-state index contributed by atoms with van der Waals surface area (Å²) in [6.45, 7) is 5.53. The van der Waals surface area contributed by atoms with E-state index in [9.17, 15) is 13.2 Å². The van der Waals surface area contributed by atoms with Gasteiger partial charge in [0.15, 0.2) is 0 Å². The van der Waals surface area contributed by atoms with Crippen LogP contribution in [0.4, 0.5) is 5.69 Å². The van der Waals surface area contributed by atoms with Crippen molar-refractivity contribution < 1.29 is 13.2 Å². The summed E-state index contributed by atoms with van der Waals surface area (Å²) in [5.41, 5.74) is 2.92. The number of sulfonamides is 1. The van der Waals surface area contributed by atoms with Gasteiger partial charge in [-0.25, -0.2) is 13.1 Å². The third-order valence-corrected chi connectivity index (χ3v) is 6.69. The molecule has 6 nitrogen and oxygen atoms in total. The van der Waals surface area contributed by atoms with Crippen LogP contribution in [-0.4, -0.2) is 45.4 Å². The van der Waals surface area contributed by atoms with E-state index < -0.39 is 10.0 Å². The fourth-order valence-electron chi connectivity index (χ4n) is 3.75. The van der Waals surface area contributed by atoms with Crippen LogP contribution in [0.5, 0.6) is 0 Å². The summed E-state index contributed by atoms with van der Waals surface area (Å²) in [4.78, 5) is 16.3. The largest absolute Gasteiger partial charge is 0.309 e. The van der Waals surface area contributed by atoms with Crippen molar-refractivity contribution in [3.05, 3.63) is 59.7 Å². The number of amides is 1. The highest BCUT2D eigenvalue weighted by Crippen LogP contribution is 2.34. The molecule has 0 saturated heterocycles. The van der Waals surface area contributed by atoms with E-state index in [-0.39, 0.29) is 16.8 Å². The van der Waals surface area contributed by atoms with E-state index in [2.05, 4.69) is 21.8 Å². The lowest BCUT2D eigenvalue weighted by Crippen LogP contribution is -2.35. The SMILES string of the molecule is CCC(=O)N1c2ccc(S(=O)(=O)NCCN(C)Cc3ccccc3)cc2C[C@H]1C. The van der Waals surface area contributed by atoms with Crippen LogP contribution in [0, 0.1) is 0 Å². The average molecular weight is 416 g/mol. The molecule has 1 amide bonds. The third-order valence-electron chi connectivity index (χ3n) is 5.23. The molecule has 0 aromatic heterocycles. The van der Waals surface area contributed by atoms with Crippen LogP contribution in [-0.2, 0) is 27.8 Å². The minimum absolute atomic E-state index is 0.0509. The molecule has 0 spiro atoms. The van der Waals surface area contributed by atoms with Gasteiger partial charge >= 0.3 is 0 Å². The number of hydrogen-bond donors (Lipinski definition) is 1. The van der Waals surface area contributed by atoms with Gasteiger partial charge in [-0.3, -0.25) is 4.79 Å². The maximum absolute atomic E-state index is 12.7. The second-order valence-corrected chi connectivity index (χ2v) is 9.35. The van der Waals surface area contributed by atoms with Crippen molar-refractivity contribution in [1.29, 1.82) is 0 Å². The van der Waals surface area contributed by atoms with Crippen molar-refractivity contribution >= 4 is 21.6 Å². The maximum atomic E-state index is 12.7. The number of carbonyl (C=O) groups is 1. The minimum Gasteiger partial charge on any atom is -0.309 e. The number of likely N-dealkylation sites (N-methyl/N-ethyl adjacent to an activating group) is 1. The number of nitrogens with zero attached hydrogens (tertiary/aromatic N) is 2. The lowest BCUT2D eigenvalue weighted by molar-refractivity contribution is -0.118. The van der Waals surface area contributed by atoms with Crippen molar-refractivity contribution in [2.75, 3.05) is 25.0 Å². The first-order valence-electron chi connectivity index (χ1n) is 9.99. The molecule has 156 valence electrons. The van der Waals surface area contributed by atoms with Crippen molar-refractivity contribution in [1.82, 2.24) is 9.62 Å². The van der Waals surface area contributed by atoms with Crippen molar-refractivity contribution in [3.63, 3.8) is 0 Å². The maximum Gasteiger partial charge on any atom is 0.240 e. The lowest BCUT2D eigenvalue weighted by atomic mass is 10.1. The Hall–Kier alpha value is -2.22. The molecule has 1 aliphatic heterocycles. The summed E-state index contributed by atoms with van der Waals surface area (Å²) >= 11 is 0. The highest BCUT2D eigenvalue weighted by Gasteiger charge is 2.31. The number of hydrogen-bond acceptors (Lipinski definition) is 4. The van der Waals surface area contributed by atoms with Crippen molar-refractivity contribution in [3.8, 4) is 0 Å². The van der Waals surface area contributed by atoms with Gasteiger partial charge in [0.2, 0.25) is 15.9 Å². The molecule has 29 heavy (non-hydrogen) atoms. The number of nitrogens with one attached hydrogen (secondary N) is 1. The van der Waals surface area contributed by atoms with Gasteiger partial charge < -0.3 is 9.80 Å². The first-order valence-corrected chi connectivity index (χ1v) is 11.5. The van der Waals surface area contributed by atoms with E-state index in [4.69, 9.17) is 0 Å². The molecule has 0 bridgehead atoms. The molecule has 3 rings (SSSR count). The second-order valence-electron chi connectivity index (χ2n) is 7.58. The number of benzene rings is 2. The van der Waals surface area contributed by atoms with E-state index in [0.717, 1.165) is 17.8 Å². The lowest BCUT2D eigenvalue weighted by Gasteiger charge is -2.22. The van der Waals surface area contributed by atoms with Crippen LogP contribution in [0.25, 0.3) is 0 Å². The number of rotatable bonds is 8. The molecule has 0 aliphatic carbocycles. The molecule has 0 radical (unpaired) electrons. The number of fused-ring (bicyclic) bond motifs is 1. The van der Waals surface area contributed by atoms with Crippen LogP contribution >= 0.6 is 0 Å². The first-order chi connectivity index (χ1) is 13.8. The Balaban J connectivity index is 1.62. The normalized spacial score (nSPS) is 16.3. The van der Waals surface area contributed by atoms with Gasteiger partial charge in [-0.2, -0.15) is 0 Å². The predicted octanol–water partition coefficient (Wildman–Crippen LogP) is 2.78. The summed E-state index contributed by atoms with van der Waals surface area (Å²) < 4.78 is 28.1. The average Bonchev–Trinajstić information content (AvgIpc) is 3.03. The van der Waals surface area contributed by atoms with Crippen LogP contribution < -0.4 is 9.62 Å². The molecular formula is C22H29N3O3S. The first kappa shape index (κ1) is 21.5. The molecular weight excluding hydrogens is 386 g/mol. The topological polar surface area (TPSA) is 69.7 Å². The number of carbonyl (C=O) groups excluding carboxylic acids is 1. The molecule has 1 atom stereocenters. The molecule has 2 aromatic carbocycles. The summed E-state index contributed by atoms with van der Waals surface area (Å²) in [5, 5.41) is 0. The van der Waals surface area contributed by atoms with Crippen LogP contribution in [0.3, 0.4) is 0 Å². The molecule has 0 unspecified atom stereocenters. The number of anilines is 1. The van der Waals surface area contributed by atoms with Crippen molar-refractivity contribution in [2.24, 2.45) is 0 Å². The minimum atomic E-state index is -3.59. The smallest absolute Gasteiger partial charge is 0.240 e. The van der Waals surface area contributed by atoms with Gasteiger partial charge in [0.1, 0.15) is 0 Å². The van der Waals surface area contributed by atoms with E-state index >= 15 is 0 Å². The van der Waals surface area contributed by atoms with Crippen molar-refractivity contribution in [2.45, 2.75) is 44.2 Å². The van der Waals surface area contributed by atoms with Gasteiger partial charge in [0, 0.05) is 37.8 Å². The van der Waals surface area contributed by atoms with E-state index in [0.29, 0.717) is 25.9 Å². The summed E-state index contributed by atoms with van der Waals surface area (Å²) in [5.74, 6) is 0.0615. The zero-order chi connectivity index (χ0) is 21.0. The monoisotopic (exact) mass is 415 g/mol. The quantitative estimate of drug-likeness (QED) is 0.720. The summed E-state index contributed by atoms with van der Waals surface area (Å²) in [6, 6.07) is 15.2. The molecule has 1 heterocycles. The zero-order valence-corrected chi connectivity index (χ0v) is 18.1. The van der Waals surface area contributed by atoms with Gasteiger partial charge in [-0.05, 0) is 49.7 Å². The third kappa shape index (κ3) is 5.04. The Labute approximate surface area is 173 Å². The van der Waals surface area contributed by atoms with E-state index in [1.54, 1.807) is 23.1 Å². The van der Waals surface area contributed by atoms with Gasteiger partial charge in [-0.15, -0.1) is 0 Å². The standard InChI is InChI=1S/C22H29N3O3S/c1-4-22(26)25-17(2)14-19-15-20(10-11-21(19)25)29(27,28)23-12-13-24(3)16-18-8-6-5-7-9-18/h5-11,15,17,23H,4,12-14,16H2,1-3H3/t17-/m1/s1. The molecule has 1 aliphatic rings. The Bertz CT molecular complexity index is 961. The molecule has 0 fully saturated rings. The molecule has 2 aromatic rings. The highest BCUT2D eigenvalue weighted by atomic mass is 32.2. The predicted molar refractivity (Wildman–Crippen MR) is 115 cm³/mol. The van der Waals surface area contributed by atoms with Gasteiger partial charge in [0.05, 0.1) is 4.90 Å². The molecule has 0 saturated carbocycles. The fourth-order valence-corrected chi connectivity index (χ4v) is 4.82. The van der Waals surface area contributed by atoms with Crippen LogP contribution in [0.2, 0.25) is 0 Å². The Morgan fingerprint density at radius 2 is 1.93 bits per heavy atom. The Morgan fingerprint density at radius 1 is 1.21 bits per heavy atom. The Morgan fingerprint density at radius 3 is 2.62 bits per heavy atom. The summed E-state index contributed by atoms with van der Waals surface area (Å²) in [6.07, 6.45) is 1.10. The second kappa shape index (κ2) is 9.07. The van der Waals surface area contributed by atoms with E-state index in [1.807, 2.05) is 39.1 Å². The van der Waals surface area contributed by atoms with E-state index in [1.165, 1.54) is 5.56 Å². The Kier molecular flexibility index (Phi) is 6.72. The molecule has 7 heteroatoms. The molecule has 1 N–H and O–H groups in total.